The van der Waals surface area contributed by atoms with E-state index in [1.165, 1.54) is 37.7 Å². The average molecular weight is 485 g/mol. The van der Waals surface area contributed by atoms with E-state index in [1.54, 1.807) is 55.5 Å². The Labute approximate surface area is 200 Å². The van der Waals surface area contributed by atoms with Crippen LogP contribution >= 0.6 is 0 Å². The van der Waals surface area contributed by atoms with Crippen molar-refractivity contribution in [2.24, 2.45) is 0 Å². The van der Waals surface area contributed by atoms with E-state index in [9.17, 15) is 13.2 Å². The standard InChI is InChI=1S/C25H28N2O6S/c1-6-33-20-11-9-19(10-12-20)27(3)34(29,30)21-13-7-17(2)22(16-21)25(28)26-18-8-14-23(31-4)24(15-18)32-5/h7-16H,6H2,1-5H3,(H,26,28). The Balaban J connectivity index is 1.88. The van der Waals surface area contributed by atoms with Gasteiger partial charge in [-0.15, -0.1) is 0 Å². The molecule has 34 heavy (non-hydrogen) atoms. The summed E-state index contributed by atoms with van der Waals surface area (Å²) in [6.07, 6.45) is 0. The average Bonchev–Trinajstić information content (AvgIpc) is 2.84. The van der Waals surface area contributed by atoms with Gasteiger partial charge < -0.3 is 19.5 Å². The molecule has 9 heteroatoms. The highest BCUT2D eigenvalue weighted by Gasteiger charge is 2.23. The van der Waals surface area contributed by atoms with E-state index in [0.717, 1.165) is 0 Å². The number of ether oxygens (including phenoxy) is 3. The number of hydrogen-bond donors (Lipinski definition) is 1. The van der Waals surface area contributed by atoms with Gasteiger partial charge in [0.2, 0.25) is 0 Å². The maximum absolute atomic E-state index is 13.3. The van der Waals surface area contributed by atoms with Crippen molar-refractivity contribution in [1.29, 1.82) is 0 Å². The number of nitrogens with zero attached hydrogens (tertiary/aromatic N) is 1. The highest BCUT2D eigenvalue weighted by atomic mass is 32.2. The van der Waals surface area contributed by atoms with Gasteiger partial charge in [-0.05, 0) is 67.9 Å². The van der Waals surface area contributed by atoms with Crippen LogP contribution in [0.5, 0.6) is 17.2 Å². The van der Waals surface area contributed by atoms with E-state index >= 15 is 0 Å². The van der Waals surface area contributed by atoms with Crippen LogP contribution in [0.25, 0.3) is 0 Å². The van der Waals surface area contributed by atoms with Gasteiger partial charge in [0.25, 0.3) is 15.9 Å². The second kappa shape index (κ2) is 10.5. The van der Waals surface area contributed by atoms with E-state index in [-0.39, 0.29) is 10.5 Å². The first kappa shape index (κ1) is 24.9. The molecule has 3 rings (SSSR count). The number of methoxy groups -OCH3 is 2. The van der Waals surface area contributed by atoms with Crippen molar-refractivity contribution >= 4 is 27.3 Å². The predicted molar refractivity (Wildman–Crippen MR) is 132 cm³/mol. The summed E-state index contributed by atoms with van der Waals surface area (Å²) in [6, 6.07) is 16.2. The number of amides is 1. The first-order valence-electron chi connectivity index (χ1n) is 10.6. The van der Waals surface area contributed by atoms with Crippen molar-refractivity contribution in [1.82, 2.24) is 0 Å². The zero-order valence-corrected chi connectivity index (χ0v) is 20.6. The van der Waals surface area contributed by atoms with E-state index in [0.29, 0.717) is 40.8 Å². The fourth-order valence-corrected chi connectivity index (χ4v) is 4.56. The third kappa shape index (κ3) is 5.26. The predicted octanol–water partition coefficient (Wildman–Crippen LogP) is 4.49. The number of aryl methyl sites for hydroxylation is 1. The Kier molecular flexibility index (Phi) is 7.68. The summed E-state index contributed by atoms with van der Waals surface area (Å²) in [6.45, 7) is 4.14. The smallest absolute Gasteiger partial charge is 0.264 e. The van der Waals surface area contributed by atoms with Gasteiger partial charge in [-0.3, -0.25) is 9.10 Å². The fraction of sp³-hybridized carbons (Fsp3) is 0.240. The monoisotopic (exact) mass is 484 g/mol. The molecule has 0 radical (unpaired) electrons. The normalized spacial score (nSPS) is 11.0. The first-order chi connectivity index (χ1) is 16.2. The lowest BCUT2D eigenvalue weighted by molar-refractivity contribution is 0.102. The van der Waals surface area contributed by atoms with Crippen LogP contribution in [0.15, 0.2) is 65.6 Å². The van der Waals surface area contributed by atoms with Crippen molar-refractivity contribution < 1.29 is 27.4 Å². The lowest BCUT2D eigenvalue weighted by atomic mass is 10.1. The highest BCUT2D eigenvalue weighted by molar-refractivity contribution is 7.92. The lowest BCUT2D eigenvalue weighted by Crippen LogP contribution is -2.27. The van der Waals surface area contributed by atoms with E-state index in [4.69, 9.17) is 14.2 Å². The fourth-order valence-electron chi connectivity index (χ4n) is 3.33. The van der Waals surface area contributed by atoms with E-state index in [1.807, 2.05) is 6.92 Å². The number of rotatable bonds is 9. The lowest BCUT2D eigenvalue weighted by Gasteiger charge is -2.20. The molecule has 3 aromatic rings. The van der Waals surface area contributed by atoms with Crippen LogP contribution in [0.2, 0.25) is 0 Å². The van der Waals surface area contributed by atoms with Crippen molar-refractivity contribution in [3.63, 3.8) is 0 Å². The molecule has 0 bridgehead atoms. The van der Waals surface area contributed by atoms with Gasteiger partial charge in [-0.25, -0.2) is 8.42 Å². The molecule has 0 atom stereocenters. The molecule has 0 aliphatic rings. The summed E-state index contributed by atoms with van der Waals surface area (Å²) in [4.78, 5) is 13.0. The van der Waals surface area contributed by atoms with E-state index < -0.39 is 15.9 Å². The molecule has 0 saturated heterocycles. The van der Waals surface area contributed by atoms with Crippen LogP contribution in [0.1, 0.15) is 22.8 Å². The summed E-state index contributed by atoms with van der Waals surface area (Å²) in [5, 5.41) is 2.79. The molecule has 180 valence electrons. The van der Waals surface area contributed by atoms with Gasteiger partial charge in [0, 0.05) is 24.4 Å². The molecule has 8 nitrogen and oxygen atoms in total. The van der Waals surface area contributed by atoms with Crippen LogP contribution in [0.3, 0.4) is 0 Å². The van der Waals surface area contributed by atoms with Gasteiger partial charge >= 0.3 is 0 Å². The van der Waals surface area contributed by atoms with Crippen molar-refractivity contribution in [3.05, 3.63) is 71.8 Å². The minimum atomic E-state index is -3.91. The quantitative estimate of drug-likeness (QED) is 0.481. The number of nitrogens with one attached hydrogen (secondary N) is 1. The summed E-state index contributed by atoms with van der Waals surface area (Å²) >= 11 is 0. The Morgan fingerprint density at radius 3 is 2.24 bits per heavy atom. The third-order valence-corrected chi connectivity index (χ3v) is 7.05. The molecule has 0 heterocycles. The van der Waals surface area contributed by atoms with Crippen LogP contribution in [-0.2, 0) is 10.0 Å². The second-order valence-corrected chi connectivity index (χ2v) is 9.37. The van der Waals surface area contributed by atoms with Crippen LogP contribution < -0.4 is 23.8 Å². The van der Waals surface area contributed by atoms with Crippen LogP contribution in [-0.4, -0.2) is 42.2 Å². The van der Waals surface area contributed by atoms with Gasteiger partial charge in [0.15, 0.2) is 11.5 Å². The zero-order valence-electron chi connectivity index (χ0n) is 19.8. The molecule has 0 unspecified atom stereocenters. The van der Waals surface area contributed by atoms with Gasteiger partial charge in [-0.2, -0.15) is 0 Å². The molecule has 0 saturated carbocycles. The number of sulfonamides is 1. The molecule has 0 fully saturated rings. The van der Waals surface area contributed by atoms with Crippen LogP contribution in [0, 0.1) is 6.92 Å². The Bertz CT molecular complexity index is 1270. The summed E-state index contributed by atoms with van der Waals surface area (Å²) < 4.78 is 43.6. The molecule has 0 aliphatic carbocycles. The summed E-state index contributed by atoms with van der Waals surface area (Å²) in [7, 11) is 0.586. The first-order valence-corrected chi connectivity index (χ1v) is 12.0. The third-order valence-electron chi connectivity index (χ3n) is 5.26. The molecule has 0 aliphatic heterocycles. The molecular weight excluding hydrogens is 456 g/mol. The summed E-state index contributed by atoms with van der Waals surface area (Å²) in [5.74, 6) is 1.21. The minimum absolute atomic E-state index is 0.00643. The molecule has 1 N–H and O–H groups in total. The van der Waals surface area contributed by atoms with Crippen molar-refractivity contribution in [2.45, 2.75) is 18.7 Å². The topological polar surface area (TPSA) is 94.2 Å². The van der Waals surface area contributed by atoms with Crippen molar-refractivity contribution in [3.8, 4) is 17.2 Å². The largest absolute Gasteiger partial charge is 0.494 e. The van der Waals surface area contributed by atoms with Gasteiger partial charge in [0.05, 0.1) is 31.4 Å². The van der Waals surface area contributed by atoms with Crippen LogP contribution in [0.4, 0.5) is 11.4 Å². The highest BCUT2D eigenvalue weighted by Crippen LogP contribution is 2.30. The van der Waals surface area contributed by atoms with E-state index in [2.05, 4.69) is 5.32 Å². The Morgan fingerprint density at radius 2 is 1.62 bits per heavy atom. The van der Waals surface area contributed by atoms with Crippen molar-refractivity contribution in [2.75, 3.05) is 37.5 Å². The zero-order chi connectivity index (χ0) is 24.9. The number of carbonyl (C=O) groups is 1. The minimum Gasteiger partial charge on any atom is -0.494 e. The molecule has 3 aromatic carbocycles. The maximum atomic E-state index is 13.3. The molecule has 0 aromatic heterocycles. The number of benzene rings is 3. The Morgan fingerprint density at radius 1 is 0.941 bits per heavy atom. The SMILES string of the molecule is CCOc1ccc(N(C)S(=O)(=O)c2ccc(C)c(C(=O)Nc3ccc(OC)c(OC)c3)c2)cc1. The maximum Gasteiger partial charge on any atom is 0.264 e. The molecular formula is C25H28N2O6S. The molecule has 0 spiro atoms. The van der Waals surface area contributed by atoms with Gasteiger partial charge in [0.1, 0.15) is 5.75 Å². The Hall–Kier alpha value is -3.72. The number of anilines is 2. The summed E-state index contributed by atoms with van der Waals surface area (Å²) in [5.41, 5.74) is 1.85. The van der Waals surface area contributed by atoms with Gasteiger partial charge in [-0.1, -0.05) is 6.07 Å². The molecule has 1 amide bonds. The second-order valence-electron chi connectivity index (χ2n) is 7.40. The number of hydrogen-bond acceptors (Lipinski definition) is 6. The number of carbonyl (C=O) groups excluding carboxylic acids is 1.